The third kappa shape index (κ3) is 4.88. The quantitative estimate of drug-likeness (QED) is 0.750. The Kier molecular flexibility index (Phi) is 6.97. The van der Waals surface area contributed by atoms with Gasteiger partial charge in [0.05, 0.1) is 0 Å². The van der Waals surface area contributed by atoms with Crippen LogP contribution in [0.2, 0.25) is 5.02 Å². The predicted molar refractivity (Wildman–Crippen MR) is 76.6 cm³/mol. The van der Waals surface area contributed by atoms with E-state index in [0.717, 1.165) is 23.6 Å². The molecular formula is C13H20ClNOS. The molecule has 0 aliphatic rings. The third-order valence-corrected chi connectivity index (χ3v) is 4.38. The van der Waals surface area contributed by atoms with Crippen LogP contribution in [0.1, 0.15) is 30.6 Å². The van der Waals surface area contributed by atoms with E-state index in [1.54, 1.807) is 11.8 Å². The molecule has 0 aliphatic heterocycles. The molecule has 0 amide bonds. The average molecular weight is 274 g/mol. The number of benzene rings is 1. The zero-order valence-corrected chi connectivity index (χ0v) is 11.7. The maximum Gasteiger partial charge on any atom is 0.0448 e. The predicted octanol–water partition coefficient (Wildman–Crippen LogP) is 3.23. The monoisotopic (exact) mass is 273 g/mol. The average Bonchev–Trinajstić information content (AvgIpc) is 2.34. The minimum absolute atomic E-state index is 0.122. The number of hydrogen-bond donors (Lipinski definition) is 2. The molecule has 0 aromatic heterocycles. The van der Waals surface area contributed by atoms with E-state index in [4.69, 9.17) is 22.4 Å². The Labute approximate surface area is 113 Å². The molecule has 96 valence electrons. The van der Waals surface area contributed by atoms with Crippen molar-refractivity contribution in [2.24, 2.45) is 5.73 Å². The zero-order valence-electron chi connectivity index (χ0n) is 10.1. The van der Waals surface area contributed by atoms with Crippen molar-refractivity contribution in [2.45, 2.75) is 31.1 Å². The van der Waals surface area contributed by atoms with E-state index in [0.29, 0.717) is 0 Å². The highest BCUT2D eigenvalue weighted by Crippen LogP contribution is 2.34. The largest absolute Gasteiger partial charge is 0.396 e. The fourth-order valence-corrected chi connectivity index (χ4v) is 3.17. The van der Waals surface area contributed by atoms with Gasteiger partial charge in [-0.1, -0.05) is 30.7 Å². The Balaban J connectivity index is 2.74. The standard InChI is InChI=1S/C13H20ClNOS/c1-2-12(15)13(17-8-4-7-16)10-5-3-6-11(14)9-10/h3,5-6,9,12-13,16H,2,4,7-8,15H2,1H3. The van der Waals surface area contributed by atoms with Crippen molar-refractivity contribution in [3.05, 3.63) is 34.9 Å². The Hall–Kier alpha value is -0.220. The highest BCUT2D eigenvalue weighted by Gasteiger charge is 2.18. The van der Waals surface area contributed by atoms with Crippen LogP contribution in [0.25, 0.3) is 0 Å². The number of halogens is 1. The minimum Gasteiger partial charge on any atom is -0.396 e. The van der Waals surface area contributed by atoms with Crippen LogP contribution in [0.4, 0.5) is 0 Å². The molecule has 0 radical (unpaired) electrons. The van der Waals surface area contributed by atoms with Gasteiger partial charge in [-0.25, -0.2) is 0 Å². The lowest BCUT2D eigenvalue weighted by Gasteiger charge is -2.23. The van der Waals surface area contributed by atoms with Gasteiger partial charge in [0.15, 0.2) is 0 Å². The summed E-state index contributed by atoms with van der Waals surface area (Å²) in [6, 6.07) is 8.00. The summed E-state index contributed by atoms with van der Waals surface area (Å²) in [5.41, 5.74) is 7.33. The number of aliphatic hydroxyl groups excluding tert-OH is 1. The SMILES string of the molecule is CCC(N)C(SCCCO)c1cccc(Cl)c1. The van der Waals surface area contributed by atoms with Crippen LogP contribution in [0.3, 0.4) is 0 Å². The lowest BCUT2D eigenvalue weighted by atomic mass is 10.0. The first kappa shape index (κ1) is 14.8. The van der Waals surface area contributed by atoms with Crippen molar-refractivity contribution in [1.82, 2.24) is 0 Å². The Morgan fingerprint density at radius 1 is 1.47 bits per heavy atom. The topological polar surface area (TPSA) is 46.2 Å². The normalized spacial score (nSPS) is 14.6. The molecule has 1 rings (SSSR count). The zero-order chi connectivity index (χ0) is 12.7. The van der Waals surface area contributed by atoms with E-state index in [1.165, 1.54) is 5.56 Å². The molecule has 1 aromatic carbocycles. The molecule has 0 bridgehead atoms. The van der Waals surface area contributed by atoms with E-state index < -0.39 is 0 Å². The highest BCUT2D eigenvalue weighted by molar-refractivity contribution is 7.99. The summed E-state index contributed by atoms with van der Waals surface area (Å²) in [5, 5.41) is 9.83. The molecule has 0 aliphatic carbocycles. The molecule has 0 fully saturated rings. The Morgan fingerprint density at radius 2 is 2.24 bits per heavy atom. The summed E-state index contributed by atoms with van der Waals surface area (Å²) in [5.74, 6) is 0.918. The van der Waals surface area contributed by atoms with Gasteiger partial charge in [0.1, 0.15) is 0 Å². The van der Waals surface area contributed by atoms with Crippen molar-refractivity contribution >= 4 is 23.4 Å². The fraction of sp³-hybridized carbons (Fsp3) is 0.538. The second kappa shape index (κ2) is 7.98. The number of thioether (sulfide) groups is 1. The lowest BCUT2D eigenvalue weighted by molar-refractivity contribution is 0.296. The maximum atomic E-state index is 8.82. The second-order valence-electron chi connectivity index (χ2n) is 4.00. The van der Waals surface area contributed by atoms with E-state index in [9.17, 15) is 0 Å². The van der Waals surface area contributed by atoms with Crippen LogP contribution in [-0.2, 0) is 0 Å². The minimum atomic E-state index is 0.122. The van der Waals surface area contributed by atoms with Crippen molar-refractivity contribution in [3.8, 4) is 0 Å². The van der Waals surface area contributed by atoms with Gasteiger partial charge >= 0.3 is 0 Å². The summed E-state index contributed by atoms with van der Waals surface area (Å²) >= 11 is 7.81. The first-order valence-electron chi connectivity index (χ1n) is 5.92. The summed E-state index contributed by atoms with van der Waals surface area (Å²) in [6.07, 6.45) is 1.74. The molecule has 0 saturated heterocycles. The van der Waals surface area contributed by atoms with E-state index in [-0.39, 0.29) is 17.9 Å². The van der Waals surface area contributed by atoms with Crippen LogP contribution in [0.15, 0.2) is 24.3 Å². The molecular weight excluding hydrogens is 254 g/mol. The van der Waals surface area contributed by atoms with Crippen molar-refractivity contribution < 1.29 is 5.11 Å². The molecule has 0 spiro atoms. The molecule has 17 heavy (non-hydrogen) atoms. The van der Waals surface area contributed by atoms with Crippen molar-refractivity contribution in [1.29, 1.82) is 0 Å². The van der Waals surface area contributed by atoms with Crippen LogP contribution < -0.4 is 5.73 Å². The number of hydrogen-bond acceptors (Lipinski definition) is 3. The van der Waals surface area contributed by atoms with Gasteiger partial charge in [0, 0.05) is 22.9 Å². The Morgan fingerprint density at radius 3 is 2.82 bits per heavy atom. The van der Waals surface area contributed by atoms with Gasteiger partial charge in [-0.05, 0) is 36.3 Å². The molecule has 2 unspecified atom stereocenters. The van der Waals surface area contributed by atoms with Crippen LogP contribution in [-0.4, -0.2) is 23.5 Å². The van der Waals surface area contributed by atoms with Gasteiger partial charge in [-0.15, -0.1) is 0 Å². The smallest absolute Gasteiger partial charge is 0.0448 e. The van der Waals surface area contributed by atoms with E-state index in [1.807, 2.05) is 18.2 Å². The first-order chi connectivity index (χ1) is 8.19. The summed E-state index contributed by atoms with van der Waals surface area (Å²) in [7, 11) is 0. The molecule has 3 N–H and O–H groups in total. The van der Waals surface area contributed by atoms with Crippen LogP contribution in [0, 0.1) is 0 Å². The fourth-order valence-electron chi connectivity index (χ4n) is 1.64. The summed E-state index contributed by atoms with van der Waals surface area (Å²) in [6.45, 7) is 2.32. The van der Waals surface area contributed by atoms with Gasteiger partial charge < -0.3 is 10.8 Å². The van der Waals surface area contributed by atoms with Gasteiger partial charge in [-0.3, -0.25) is 0 Å². The van der Waals surface area contributed by atoms with E-state index in [2.05, 4.69) is 13.0 Å². The summed E-state index contributed by atoms with van der Waals surface area (Å²) in [4.78, 5) is 0. The molecule has 4 heteroatoms. The lowest BCUT2D eigenvalue weighted by Crippen LogP contribution is -2.26. The van der Waals surface area contributed by atoms with Gasteiger partial charge in [0.2, 0.25) is 0 Å². The van der Waals surface area contributed by atoms with E-state index >= 15 is 0 Å². The van der Waals surface area contributed by atoms with Crippen LogP contribution in [0.5, 0.6) is 0 Å². The highest BCUT2D eigenvalue weighted by atomic mass is 35.5. The number of rotatable bonds is 7. The van der Waals surface area contributed by atoms with Crippen molar-refractivity contribution in [3.63, 3.8) is 0 Å². The number of aliphatic hydroxyl groups is 1. The molecule has 1 aromatic rings. The van der Waals surface area contributed by atoms with Gasteiger partial charge in [0.25, 0.3) is 0 Å². The molecule has 2 nitrogen and oxygen atoms in total. The molecule has 0 saturated carbocycles. The molecule has 0 heterocycles. The Bertz CT molecular complexity index is 335. The first-order valence-corrected chi connectivity index (χ1v) is 7.35. The number of nitrogens with two attached hydrogens (primary N) is 1. The molecule has 2 atom stereocenters. The summed E-state index contributed by atoms with van der Waals surface area (Å²) < 4.78 is 0. The third-order valence-electron chi connectivity index (χ3n) is 2.64. The maximum absolute atomic E-state index is 8.82. The van der Waals surface area contributed by atoms with Gasteiger partial charge in [-0.2, -0.15) is 11.8 Å². The van der Waals surface area contributed by atoms with Crippen LogP contribution >= 0.6 is 23.4 Å². The second-order valence-corrected chi connectivity index (χ2v) is 5.68. The van der Waals surface area contributed by atoms with Crippen molar-refractivity contribution in [2.75, 3.05) is 12.4 Å².